The van der Waals surface area contributed by atoms with E-state index in [4.69, 9.17) is 11.6 Å². The minimum atomic E-state index is -0.532. The predicted molar refractivity (Wildman–Crippen MR) is 84.5 cm³/mol. The molecule has 6 heteroatoms. The van der Waals surface area contributed by atoms with Gasteiger partial charge in [-0.2, -0.15) is 0 Å². The minimum absolute atomic E-state index is 0.532. The highest BCUT2D eigenvalue weighted by Gasteiger charge is 2.07. The standard InChI is InChI=1S/C15H16ClN3O2/c1-9-6-10(2)14(12(16)7-9)19-13-5-4-11(8-17-13)18-15(20)21-3/h4-8H,1-3H3,(H,17,19)(H,18,20). The van der Waals surface area contributed by atoms with E-state index in [1.165, 1.54) is 13.3 Å². The number of hydrogen-bond acceptors (Lipinski definition) is 4. The molecule has 0 aliphatic rings. The molecule has 0 radical (unpaired) electrons. The molecule has 0 unspecified atom stereocenters. The van der Waals surface area contributed by atoms with E-state index in [9.17, 15) is 4.79 Å². The summed E-state index contributed by atoms with van der Waals surface area (Å²) in [6, 6.07) is 7.41. The Labute approximate surface area is 128 Å². The lowest BCUT2D eigenvalue weighted by molar-refractivity contribution is 0.187. The number of ether oxygens (including phenoxy) is 1. The number of anilines is 3. The monoisotopic (exact) mass is 305 g/mol. The van der Waals surface area contributed by atoms with Gasteiger partial charge in [-0.25, -0.2) is 9.78 Å². The van der Waals surface area contributed by atoms with Crippen LogP contribution in [0.5, 0.6) is 0 Å². The van der Waals surface area contributed by atoms with E-state index in [2.05, 4.69) is 20.4 Å². The number of carbonyl (C=O) groups excluding carboxylic acids is 1. The van der Waals surface area contributed by atoms with Crippen molar-refractivity contribution in [2.24, 2.45) is 0 Å². The number of pyridine rings is 1. The lowest BCUT2D eigenvalue weighted by atomic mass is 10.1. The van der Waals surface area contributed by atoms with Gasteiger partial charge in [-0.3, -0.25) is 5.32 Å². The molecule has 0 aliphatic heterocycles. The fraction of sp³-hybridized carbons (Fsp3) is 0.200. The molecule has 0 aliphatic carbocycles. The van der Waals surface area contributed by atoms with Crippen molar-refractivity contribution in [3.8, 4) is 0 Å². The zero-order valence-corrected chi connectivity index (χ0v) is 12.8. The second-order valence-corrected chi connectivity index (χ2v) is 5.02. The summed E-state index contributed by atoms with van der Waals surface area (Å²) < 4.78 is 4.51. The Balaban J connectivity index is 2.16. The molecule has 1 amide bonds. The van der Waals surface area contributed by atoms with E-state index >= 15 is 0 Å². The van der Waals surface area contributed by atoms with Crippen molar-refractivity contribution < 1.29 is 9.53 Å². The van der Waals surface area contributed by atoms with Crippen LogP contribution in [0, 0.1) is 13.8 Å². The van der Waals surface area contributed by atoms with Crippen molar-refractivity contribution in [3.63, 3.8) is 0 Å². The average Bonchev–Trinajstić information content (AvgIpc) is 2.44. The smallest absolute Gasteiger partial charge is 0.411 e. The van der Waals surface area contributed by atoms with Crippen LogP contribution < -0.4 is 10.6 Å². The third-order valence-corrected chi connectivity index (χ3v) is 3.18. The molecule has 0 saturated heterocycles. The molecular formula is C15H16ClN3O2. The molecule has 1 heterocycles. The van der Waals surface area contributed by atoms with Gasteiger partial charge in [-0.15, -0.1) is 0 Å². The maximum atomic E-state index is 11.1. The highest BCUT2D eigenvalue weighted by Crippen LogP contribution is 2.29. The predicted octanol–water partition coefficient (Wildman–Crippen LogP) is 4.27. The molecular weight excluding hydrogens is 290 g/mol. The van der Waals surface area contributed by atoms with Gasteiger partial charge in [0.05, 0.1) is 29.7 Å². The Hall–Kier alpha value is -2.27. The van der Waals surface area contributed by atoms with Crippen LogP contribution in [0.25, 0.3) is 0 Å². The first-order valence-electron chi connectivity index (χ1n) is 6.34. The number of nitrogens with zero attached hydrogens (tertiary/aromatic N) is 1. The highest BCUT2D eigenvalue weighted by molar-refractivity contribution is 6.33. The molecule has 2 N–H and O–H groups in total. The summed E-state index contributed by atoms with van der Waals surface area (Å²) >= 11 is 6.24. The van der Waals surface area contributed by atoms with Gasteiger partial charge in [-0.1, -0.05) is 17.7 Å². The number of methoxy groups -OCH3 is 1. The molecule has 0 saturated carbocycles. The highest BCUT2D eigenvalue weighted by atomic mass is 35.5. The van der Waals surface area contributed by atoms with Crippen LogP contribution in [-0.2, 0) is 4.74 Å². The van der Waals surface area contributed by atoms with Gasteiger partial charge in [-0.05, 0) is 43.2 Å². The molecule has 110 valence electrons. The molecule has 2 aromatic rings. The van der Waals surface area contributed by atoms with E-state index in [1.54, 1.807) is 12.1 Å². The Morgan fingerprint density at radius 1 is 1.29 bits per heavy atom. The average molecular weight is 306 g/mol. The van der Waals surface area contributed by atoms with Crippen LogP contribution in [0.4, 0.5) is 22.0 Å². The van der Waals surface area contributed by atoms with E-state index in [1.807, 2.05) is 26.0 Å². The fourth-order valence-corrected chi connectivity index (χ4v) is 2.28. The van der Waals surface area contributed by atoms with Crippen molar-refractivity contribution in [2.45, 2.75) is 13.8 Å². The number of aryl methyl sites for hydroxylation is 2. The molecule has 1 aromatic heterocycles. The maximum Gasteiger partial charge on any atom is 0.411 e. The normalized spacial score (nSPS) is 10.1. The molecule has 0 fully saturated rings. The van der Waals surface area contributed by atoms with Crippen LogP contribution in [0.2, 0.25) is 5.02 Å². The first-order valence-corrected chi connectivity index (χ1v) is 6.72. The van der Waals surface area contributed by atoms with Gasteiger partial charge in [0.1, 0.15) is 5.82 Å². The maximum absolute atomic E-state index is 11.1. The largest absolute Gasteiger partial charge is 0.453 e. The SMILES string of the molecule is COC(=O)Nc1ccc(Nc2c(C)cc(C)cc2Cl)nc1. The molecule has 0 spiro atoms. The Kier molecular flexibility index (Phi) is 4.65. The van der Waals surface area contributed by atoms with Gasteiger partial charge in [0.15, 0.2) is 0 Å². The molecule has 5 nitrogen and oxygen atoms in total. The van der Waals surface area contributed by atoms with Gasteiger partial charge >= 0.3 is 6.09 Å². The molecule has 0 bridgehead atoms. The number of benzene rings is 1. The van der Waals surface area contributed by atoms with Gasteiger partial charge < -0.3 is 10.1 Å². The topological polar surface area (TPSA) is 63.2 Å². The summed E-state index contributed by atoms with van der Waals surface area (Å²) in [5.74, 6) is 0.638. The first-order chi connectivity index (χ1) is 9.99. The van der Waals surface area contributed by atoms with Crippen molar-refractivity contribution in [1.29, 1.82) is 0 Å². The summed E-state index contributed by atoms with van der Waals surface area (Å²) in [6.07, 6.45) is 1.01. The van der Waals surface area contributed by atoms with Crippen LogP contribution in [0.1, 0.15) is 11.1 Å². The number of nitrogens with one attached hydrogen (secondary N) is 2. The van der Waals surface area contributed by atoms with Crippen molar-refractivity contribution in [2.75, 3.05) is 17.7 Å². The van der Waals surface area contributed by atoms with E-state index in [-0.39, 0.29) is 0 Å². The summed E-state index contributed by atoms with van der Waals surface area (Å²) in [5.41, 5.74) is 3.52. The summed E-state index contributed by atoms with van der Waals surface area (Å²) in [5, 5.41) is 6.36. The quantitative estimate of drug-likeness (QED) is 0.888. The second-order valence-electron chi connectivity index (χ2n) is 4.61. The third kappa shape index (κ3) is 3.86. The zero-order valence-electron chi connectivity index (χ0n) is 12.0. The zero-order chi connectivity index (χ0) is 15.4. The molecule has 21 heavy (non-hydrogen) atoms. The number of amides is 1. The molecule has 0 atom stereocenters. The Morgan fingerprint density at radius 3 is 2.62 bits per heavy atom. The van der Waals surface area contributed by atoms with Gasteiger partial charge in [0.25, 0.3) is 0 Å². The van der Waals surface area contributed by atoms with E-state index < -0.39 is 6.09 Å². The lowest BCUT2D eigenvalue weighted by Gasteiger charge is -2.12. The number of halogens is 1. The third-order valence-electron chi connectivity index (χ3n) is 2.88. The Morgan fingerprint density at radius 2 is 2.05 bits per heavy atom. The van der Waals surface area contributed by atoms with Gasteiger partial charge in [0.2, 0.25) is 0 Å². The summed E-state index contributed by atoms with van der Waals surface area (Å²) in [4.78, 5) is 15.3. The fourth-order valence-electron chi connectivity index (χ4n) is 1.91. The number of carbonyl (C=O) groups is 1. The second kappa shape index (κ2) is 6.45. The van der Waals surface area contributed by atoms with Crippen molar-refractivity contribution >= 4 is 34.9 Å². The lowest BCUT2D eigenvalue weighted by Crippen LogP contribution is -2.11. The van der Waals surface area contributed by atoms with Crippen LogP contribution in [-0.4, -0.2) is 18.2 Å². The number of hydrogen-bond donors (Lipinski definition) is 2. The number of aromatic nitrogens is 1. The molecule has 1 aromatic carbocycles. The Bertz CT molecular complexity index is 633. The summed E-state index contributed by atoms with van der Waals surface area (Å²) in [6.45, 7) is 3.97. The number of rotatable bonds is 3. The first kappa shape index (κ1) is 15.1. The van der Waals surface area contributed by atoms with Crippen LogP contribution in [0.15, 0.2) is 30.5 Å². The minimum Gasteiger partial charge on any atom is -0.453 e. The van der Waals surface area contributed by atoms with Crippen molar-refractivity contribution in [1.82, 2.24) is 4.98 Å². The van der Waals surface area contributed by atoms with Crippen LogP contribution in [0.3, 0.4) is 0 Å². The van der Waals surface area contributed by atoms with Crippen LogP contribution >= 0.6 is 11.6 Å². The van der Waals surface area contributed by atoms with E-state index in [0.717, 1.165) is 16.8 Å². The molecule has 2 rings (SSSR count). The van der Waals surface area contributed by atoms with E-state index in [0.29, 0.717) is 16.5 Å². The van der Waals surface area contributed by atoms with Crippen molar-refractivity contribution in [3.05, 3.63) is 46.6 Å². The van der Waals surface area contributed by atoms with Gasteiger partial charge in [0, 0.05) is 0 Å². The summed E-state index contributed by atoms with van der Waals surface area (Å²) in [7, 11) is 1.31.